The topological polar surface area (TPSA) is 41.6 Å². The summed E-state index contributed by atoms with van der Waals surface area (Å²) in [5, 5.41) is 2.80. The fourth-order valence-corrected chi connectivity index (χ4v) is 2.68. The first-order chi connectivity index (χ1) is 10.7. The predicted molar refractivity (Wildman–Crippen MR) is 85.1 cm³/mol. The van der Waals surface area contributed by atoms with Gasteiger partial charge in [-0.15, -0.1) is 0 Å². The number of carbonyl (C=O) groups is 1. The van der Waals surface area contributed by atoms with Crippen molar-refractivity contribution in [3.05, 3.63) is 70.8 Å². The van der Waals surface area contributed by atoms with E-state index in [9.17, 15) is 4.79 Å². The van der Waals surface area contributed by atoms with Gasteiger partial charge < -0.3 is 10.1 Å². The van der Waals surface area contributed by atoms with Gasteiger partial charge in [-0.1, -0.05) is 48.5 Å². The maximum atomic E-state index is 11.7. The minimum atomic E-state index is -0.388. The van der Waals surface area contributed by atoms with Crippen molar-refractivity contribution in [2.45, 2.75) is 26.2 Å². The molecule has 1 aliphatic heterocycles. The van der Waals surface area contributed by atoms with E-state index in [1.807, 2.05) is 30.3 Å². The molecule has 2 aromatic carbocycles. The Morgan fingerprint density at radius 1 is 1.09 bits per heavy atom. The van der Waals surface area contributed by atoms with E-state index < -0.39 is 0 Å². The maximum Gasteiger partial charge on any atom is 0.407 e. The van der Waals surface area contributed by atoms with Crippen molar-refractivity contribution in [2.24, 2.45) is 0 Å². The summed E-state index contributed by atoms with van der Waals surface area (Å²) in [5.74, 6) is 0. The third-order valence-corrected chi connectivity index (χ3v) is 3.80. The van der Waals surface area contributed by atoms with Crippen molar-refractivity contribution in [3.63, 3.8) is 0 Å². The summed E-state index contributed by atoms with van der Waals surface area (Å²) in [6.07, 6.45) is -0.388. The Labute approximate surface area is 130 Å². The summed E-state index contributed by atoms with van der Waals surface area (Å²) in [7, 11) is 2.11. The molecule has 0 saturated heterocycles. The van der Waals surface area contributed by atoms with Crippen LogP contribution in [0.4, 0.5) is 4.79 Å². The van der Waals surface area contributed by atoms with Crippen LogP contribution >= 0.6 is 0 Å². The number of ether oxygens (including phenoxy) is 1. The number of fused-ring (bicyclic) bond motifs is 1. The van der Waals surface area contributed by atoms with Crippen LogP contribution in [0.3, 0.4) is 0 Å². The Kier molecular flexibility index (Phi) is 4.39. The molecule has 2 aromatic rings. The van der Waals surface area contributed by atoms with Crippen molar-refractivity contribution < 1.29 is 9.53 Å². The molecule has 0 fully saturated rings. The summed E-state index contributed by atoms with van der Waals surface area (Å²) >= 11 is 0. The van der Waals surface area contributed by atoms with E-state index in [0.29, 0.717) is 13.2 Å². The van der Waals surface area contributed by atoms with E-state index in [1.165, 1.54) is 11.1 Å². The van der Waals surface area contributed by atoms with Crippen molar-refractivity contribution in [1.29, 1.82) is 0 Å². The highest BCUT2D eigenvalue weighted by Gasteiger charge is 2.15. The second-order valence-corrected chi connectivity index (χ2v) is 5.69. The van der Waals surface area contributed by atoms with Gasteiger partial charge in [-0.05, 0) is 29.3 Å². The molecule has 0 aromatic heterocycles. The van der Waals surface area contributed by atoms with E-state index in [2.05, 4.69) is 35.5 Å². The van der Waals surface area contributed by atoms with Gasteiger partial charge in [0.1, 0.15) is 6.61 Å². The predicted octanol–water partition coefficient (Wildman–Crippen LogP) is 3.06. The monoisotopic (exact) mass is 296 g/mol. The van der Waals surface area contributed by atoms with Gasteiger partial charge in [0.25, 0.3) is 0 Å². The maximum absolute atomic E-state index is 11.7. The highest BCUT2D eigenvalue weighted by Crippen LogP contribution is 2.22. The summed E-state index contributed by atoms with van der Waals surface area (Å²) in [6, 6.07) is 16.0. The molecule has 0 spiro atoms. The van der Waals surface area contributed by atoms with Crippen molar-refractivity contribution in [1.82, 2.24) is 10.2 Å². The van der Waals surface area contributed by atoms with Crippen LogP contribution in [0.25, 0.3) is 0 Å². The zero-order valence-electron chi connectivity index (χ0n) is 12.7. The Morgan fingerprint density at radius 2 is 1.86 bits per heavy atom. The van der Waals surface area contributed by atoms with Crippen molar-refractivity contribution in [3.8, 4) is 0 Å². The summed E-state index contributed by atoms with van der Waals surface area (Å²) < 4.78 is 5.20. The van der Waals surface area contributed by atoms with Gasteiger partial charge in [-0.25, -0.2) is 4.79 Å². The number of hydrogen-bond donors (Lipinski definition) is 1. The molecule has 1 N–H and O–H groups in total. The molecule has 0 saturated carbocycles. The molecular formula is C18H20N2O2. The van der Waals surface area contributed by atoms with Crippen LogP contribution in [-0.2, 0) is 31.0 Å². The zero-order valence-corrected chi connectivity index (χ0v) is 12.7. The van der Waals surface area contributed by atoms with Gasteiger partial charge in [-0.2, -0.15) is 0 Å². The summed E-state index contributed by atoms with van der Waals surface area (Å²) in [4.78, 5) is 14.0. The fourth-order valence-electron chi connectivity index (χ4n) is 2.68. The highest BCUT2D eigenvalue weighted by atomic mass is 16.5. The second kappa shape index (κ2) is 6.62. The molecule has 22 heavy (non-hydrogen) atoms. The summed E-state index contributed by atoms with van der Waals surface area (Å²) in [5.41, 5.74) is 4.81. The van der Waals surface area contributed by atoms with Gasteiger partial charge in [0.15, 0.2) is 0 Å². The van der Waals surface area contributed by atoms with E-state index in [4.69, 9.17) is 4.74 Å². The standard InChI is InChI=1S/C18H20N2O2/c1-20-11-16-8-7-15(9-17(16)12-20)10-19-18(21)22-13-14-5-3-2-4-6-14/h2-9H,10-13H2,1H3,(H,19,21). The van der Waals surface area contributed by atoms with Crippen LogP contribution in [0, 0.1) is 0 Å². The van der Waals surface area contributed by atoms with Crippen LogP contribution in [0.2, 0.25) is 0 Å². The van der Waals surface area contributed by atoms with Crippen LogP contribution in [0.5, 0.6) is 0 Å². The third-order valence-electron chi connectivity index (χ3n) is 3.80. The van der Waals surface area contributed by atoms with E-state index in [-0.39, 0.29) is 6.09 Å². The molecule has 0 aliphatic carbocycles. The minimum Gasteiger partial charge on any atom is -0.445 e. The van der Waals surface area contributed by atoms with Crippen LogP contribution in [-0.4, -0.2) is 18.0 Å². The van der Waals surface area contributed by atoms with E-state index in [1.54, 1.807) is 0 Å². The molecule has 0 bridgehead atoms. The molecule has 1 heterocycles. The first-order valence-corrected chi connectivity index (χ1v) is 7.44. The van der Waals surface area contributed by atoms with Crippen LogP contribution in [0.1, 0.15) is 22.3 Å². The lowest BCUT2D eigenvalue weighted by Crippen LogP contribution is -2.23. The average Bonchev–Trinajstić information content (AvgIpc) is 2.91. The van der Waals surface area contributed by atoms with Crippen molar-refractivity contribution in [2.75, 3.05) is 7.05 Å². The number of alkyl carbamates (subject to hydrolysis) is 1. The molecule has 1 amide bonds. The molecule has 4 nitrogen and oxygen atoms in total. The van der Waals surface area contributed by atoms with Crippen molar-refractivity contribution >= 4 is 6.09 Å². The third kappa shape index (κ3) is 3.65. The molecule has 0 radical (unpaired) electrons. The lowest BCUT2D eigenvalue weighted by atomic mass is 10.1. The molecule has 1 aliphatic rings. The molecule has 4 heteroatoms. The van der Waals surface area contributed by atoms with Crippen LogP contribution in [0.15, 0.2) is 48.5 Å². The van der Waals surface area contributed by atoms with E-state index >= 15 is 0 Å². The van der Waals surface area contributed by atoms with Gasteiger partial charge in [-0.3, -0.25) is 4.90 Å². The van der Waals surface area contributed by atoms with Gasteiger partial charge in [0.2, 0.25) is 0 Å². The first kappa shape index (κ1) is 14.6. The molecular weight excluding hydrogens is 276 g/mol. The number of amides is 1. The fraction of sp³-hybridized carbons (Fsp3) is 0.278. The zero-order chi connectivity index (χ0) is 15.4. The normalized spacial score (nSPS) is 13.7. The Bertz CT molecular complexity index is 655. The lowest BCUT2D eigenvalue weighted by molar-refractivity contribution is 0.139. The quantitative estimate of drug-likeness (QED) is 0.943. The number of nitrogens with one attached hydrogen (secondary N) is 1. The number of rotatable bonds is 4. The molecule has 0 atom stereocenters. The molecule has 114 valence electrons. The van der Waals surface area contributed by atoms with Gasteiger partial charge >= 0.3 is 6.09 Å². The lowest BCUT2D eigenvalue weighted by Gasteiger charge is -2.08. The molecule has 3 rings (SSSR count). The average molecular weight is 296 g/mol. The Balaban J connectivity index is 1.48. The number of carbonyl (C=O) groups excluding carboxylic acids is 1. The van der Waals surface area contributed by atoms with Gasteiger partial charge in [0, 0.05) is 19.6 Å². The highest BCUT2D eigenvalue weighted by molar-refractivity contribution is 5.67. The Morgan fingerprint density at radius 3 is 2.68 bits per heavy atom. The second-order valence-electron chi connectivity index (χ2n) is 5.69. The number of nitrogens with zero attached hydrogens (tertiary/aromatic N) is 1. The van der Waals surface area contributed by atoms with E-state index in [0.717, 1.165) is 24.2 Å². The Hall–Kier alpha value is -2.33. The smallest absolute Gasteiger partial charge is 0.407 e. The number of hydrogen-bond acceptors (Lipinski definition) is 3. The van der Waals surface area contributed by atoms with Crippen LogP contribution < -0.4 is 5.32 Å². The SMILES string of the molecule is CN1Cc2ccc(CNC(=O)OCc3ccccc3)cc2C1. The summed E-state index contributed by atoms with van der Waals surface area (Å²) in [6.45, 7) is 2.76. The largest absolute Gasteiger partial charge is 0.445 e. The molecule has 0 unspecified atom stereocenters. The minimum absolute atomic E-state index is 0.293. The number of benzene rings is 2. The first-order valence-electron chi connectivity index (χ1n) is 7.44. The van der Waals surface area contributed by atoms with Gasteiger partial charge in [0.05, 0.1) is 0 Å².